The Labute approximate surface area is 249 Å². The summed E-state index contributed by atoms with van der Waals surface area (Å²) in [5, 5.41) is 0. The first kappa shape index (κ1) is 29.1. The lowest BCUT2D eigenvalue weighted by molar-refractivity contribution is -0.127. The van der Waals surface area contributed by atoms with Crippen molar-refractivity contribution in [2.24, 2.45) is 4.99 Å². The molecule has 216 valence electrons. The number of aromatic nitrogens is 1. The van der Waals surface area contributed by atoms with Gasteiger partial charge in [-0.3, -0.25) is 14.2 Å². The van der Waals surface area contributed by atoms with Crippen LogP contribution in [0.3, 0.4) is 0 Å². The Hall–Kier alpha value is -4.43. The Kier molecular flexibility index (Phi) is 8.73. The smallest absolute Gasteiger partial charge is 0.271 e. The zero-order valence-corrected chi connectivity index (χ0v) is 25.4. The van der Waals surface area contributed by atoms with Gasteiger partial charge in [0.2, 0.25) is 0 Å². The fourth-order valence-corrected chi connectivity index (χ4v) is 6.17. The van der Waals surface area contributed by atoms with Crippen molar-refractivity contribution in [1.82, 2.24) is 9.47 Å². The van der Waals surface area contributed by atoms with E-state index < -0.39 is 6.04 Å². The van der Waals surface area contributed by atoms with E-state index in [4.69, 9.17) is 14.5 Å². The minimum Gasteiger partial charge on any atom is -0.496 e. The highest BCUT2D eigenvalue weighted by Gasteiger charge is 2.35. The van der Waals surface area contributed by atoms with Crippen LogP contribution in [0.15, 0.2) is 93.9 Å². The average Bonchev–Trinajstić information content (AvgIpc) is 3.31. The molecule has 0 saturated carbocycles. The number of carbonyl (C=O) groups excluding carboxylic acids is 1. The van der Waals surface area contributed by atoms with Crippen molar-refractivity contribution in [2.75, 3.05) is 20.2 Å². The van der Waals surface area contributed by atoms with Crippen molar-refractivity contribution in [1.29, 1.82) is 0 Å². The number of nitrogens with zero attached hydrogens (tertiary/aromatic N) is 3. The molecule has 8 heteroatoms. The van der Waals surface area contributed by atoms with Crippen molar-refractivity contribution in [2.45, 2.75) is 40.3 Å². The van der Waals surface area contributed by atoms with E-state index >= 15 is 0 Å². The van der Waals surface area contributed by atoms with Crippen molar-refractivity contribution in [3.8, 4) is 11.5 Å². The van der Waals surface area contributed by atoms with Gasteiger partial charge in [-0.25, -0.2) is 4.99 Å². The highest BCUT2D eigenvalue weighted by Crippen LogP contribution is 2.36. The summed E-state index contributed by atoms with van der Waals surface area (Å²) in [6.45, 7) is 9.39. The molecule has 7 nitrogen and oxygen atoms in total. The Morgan fingerprint density at radius 1 is 1.00 bits per heavy atom. The SMILES string of the molecule is CCN(CC)C(=O)C1=C(C)N=c2s/c(=C/c3ccc(OCc4ccc(C)cc4)cc3)c(=O)n2[C@@H]1c1ccccc1OC. The third-order valence-corrected chi connectivity index (χ3v) is 8.42. The fourth-order valence-electron chi connectivity index (χ4n) is 5.13. The summed E-state index contributed by atoms with van der Waals surface area (Å²) in [6.07, 6.45) is 1.86. The molecule has 42 heavy (non-hydrogen) atoms. The molecule has 1 aromatic heterocycles. The molecule has 0 radical (unpaired) electrons. The molecular formula is C34H35N3O4S. The number of allylic oxidation sites excluding steroid dienone is 1. The van der Waals surface area contributed by atoms with Gasteiger partial charge in [0, 0.05) is 18.7 Å². The highest BCUT2D eigenvalue weighted by atomic mass is 32.1. The second-order valence-corrected chi connectivity index (χ2v) is 11.2. The van der Waals surface area contributed by atoms with Gasteiger partial charge in [0.1, 0.15) is 24.1 Å². The molecule has 0 unspecified atom stereocenters. The average molecular weight is 582 g/mol. The van der Waals surface area contributed by atoms with Crippen LogP contribution in [-0.2, 0) is 11.4 Å². The summed E-state index contributed by atoms with van der Waals surface area (Å²) in [5.74, 6) is 1.23. The Balaban J connectivity index is 1.53. The number of para-hydroxylation sites is 1. The quantitative estimate of drug-likeness (QED) is 0.279. The van der Waals surface area contributed by atoms with Crippen LogP contribution in [0.1, 0.15) is 49.1 Å². The number of thiazole rings is 1. The lowest BCUT2D eigenvalue weighted by Gasteiger charge is -2.29. The first-order valence-corrected chi connectivity index (χ1v) is 14.9. The second-order valence-electron chi connectivity index (χ2n) is 10.1. The number of hydrogen-bond acceptors (Lipinski definition) is 6. The molecule has 0 bridgehead atoms. The largest absolute Gasteiger partial charge is 0.496 e. The van der Waals surface area contributed by atoms with Crippen molar-refractivity contribution in [3.63, 3.8) is 0 Å². The van der Waals surface area contributed by atoms with Gasteiger partial charge in [-0.1, -0.05) is 71.5 Å². The molecule has 4 aromatic rings. The second kappa shape index (κ2) is 12.6. The number of hydrogen-bond donors (Lipinski definition) is 0. The molecule has 1 atom stereocenters. The van der Waals surface area contributed by atoms with Gasteiger partial charge in [-0.15, -0.1) is 0 Å². The number of amides is 1. The Morgan fingerprint density at radius 3 is 2.36 bits per heavy atom. The van der Waals surface area contributed by atoms with Gasteiger partial charge in [0.05, 0.1) is 22.9 Å². The maximum absolute atomic E-state index is 14.0. The van der Waals surface area contributed by atoms with E-state index in [0.29, 0.717) is 46.0 Å². The van der Waals surface area contributed by atoms with Crippen molar-refractivity contribution < 1.29 is 14.3 Å². The number of rotatable bonds is 9. The number of carbonyl (C=O) groups is 1. The summed E-state index contributed by atoms with van der Waals surface area (Å²) in [7, 11) is 1.60. The van der Waals surface area contributed by atoms with Crippen LogP contribution in [0, 0.1) is 6.92 Å². The van der Waals surface area contributed by atoms with Gasteiger partial charge in [-0.05, 0) is 63.1 Å². The van der Waals surface area contributed by atoms with E-state index in [-0.39, 0.29) is 11.5 Å². The molecule has 0 spiro atoms. The topological polar surface area (TPSA) is 73.1 Å². The molecular weight excluding hydrogens is 546 g/mol. The maximum Gasteiger partial charge on any atom is 0.271 e. The van der Waals surface area contributed by atoms with Gasteiger partial charge < -0.3 is 14.4 Å². The molecule has 0 fully saturated rings. The Bertz CT molecular complexity index is 1800. The van der Waals surface area contributed by atoms with Crippen LogP contribution in [0.25, 0.3) is 6.08 Å². The minimum absolute atomic E-state index is 0.132. The van der Waals surface area contributed by atoms with Crippen LogP contribution in [0.2, 0.25) is 0 Å². The summed E-state index contributed by atoms with van der Waals surface area (Å²) >= 11 is 1.32. The molecule has 3 aromatic carbocycles. The number of aryl methyl sites for hydroxylation is 1. The number of methoxy groups -OCH3 is 1. The van der Waals surface area contributed by atoms with E-state index in [9.17, 15) is 9.59 Å². The maximum atomic E-state index is 14.0. The van der Waals surface area contributed by atoms with E-state index in [2.05, 4.69) is 31.2 Å². The molecule has 0 N–H and O–H groups in total. The van der Waals surface area contributed by atoms with Gasteiger partial charge >= 0.3 is 0 Å². The predicted molar refractivity (Wildman–Crippen MR) is 167 cm³/mol. The van der Waals surface area contributed by atoms with E-state index in [1.54, 1.807) is 16.6 Å². The Morgan fingerprint density at radius 2 is 1.69 bits per heavy atom. The standard InChI is InChI=1S/C34H35N3O4S/c1-6-36(7-2)33(39)30-23(4)35-34-37(31(30)27-10-8-9-11-28(27)40-5)32(38)29(42-34)20-24-16-18-26(19-17-24)41-21-25-14-12-22(3)13-15-25/h8-20,31H,6-7,21H2,1-5H3/b29-20+/t31-/m1/s1. The van der Waals surface area contributed by atoms with E-state index in [1.807, 2.05) is 75.4 Å². The van der Waals surface area contributed by atoms with Crippen LogP contribution < -0.4 is 24.4 Å². The summed E-state index contributed by atoms with van der Waals surface area (Å²) in [5.41, 5.74) is 4.81. The zero-order chi connectivity index (χ0) is 29.8. The van der Waals surface area contributed by atoms with Crippen molar-refractivity contribution >= 4 is 23.3 Å². The van der Waals surface area contributed by atoms with Crippen LogP contribution in [0.4, 0.5) is 0 Å². The lowest BCUT2D eigenvalue weighted by Crippen LogP contribution is -2.43. The molecule has 0 saturated heterocycles. The first-order chi connectivity index (χ1) is 20.3. The highest BCUT2D eigenvalue weighted by molar-refractivity contribution is 7.07. The molecule has 2 heterocycles. The molecule has 1 aliphatic rings. The zero-order valence-electron chi connectivity index (χ0n) is 24.6. The van der Waals surface area contributed by atoms with Gasteiger partial charge in [-0.2, -0.15) is 0 Å². The van der Waals surface area contributed by atoms with Crippen LogP contribution in [-0.4, -0.2) is 35.6 Å². The van der Waals surface area contributed by atoms with Crippen molar-refractivity contribution in [3.05, 3.63) is 126 Å². The third-order valence-electron chi connectivity index (χ3n) is 7.44. The normalized spacial score (nSPS) is 14.8. The minimum atomic E-state index is -0.662. The predicted octanol–water partition coefficient (Wildman–Crippen LogP) is 5.00. The molecule has 1 amide bonds. The van der Waals surface area contributed by atoms with Crippen LogP contribution >= 0.6 is 11.3 Å². The van der Waals surface area contributed by atoms with Gasteiger partial charge in [0.15, 0.2) is 4.80 Å². The number of ether oxygens (including phenoxy) is 2. The summed E-state index contributed by atoms with van der Waals surface area (Å²) < 4.78 is 13.8. The first-order valence-electron chi connectivity index (χ1n) is 14.1. The number of benzene rings is 3. The van der Waals surface area contributed by atoms with E-state index in [1.165, 1.54) is 16.9 Å². The van der Waals surface area contributed by atoms with Crippen LogP contribution in [0.5, 0.6) is 11.5 Å². The monoisotopic (exact) mass is 581 g/mol. The number of fused-ring (bicyclic) bond motifs is 1. The number of likely N-dealkylation sites (N-methyl/N-ethyl adjacent to an activating group) is 1. The van der Waals surface area contributed by atoms with Gasteiger partial charge in [0.25, 0.3) is 11.5 Å². The third kappa shape index (κ3) is 5.81. The summed E-state index contributed by atoms with van der Waals surface area (Å²) in [4.78, 5) is 34.9. The molecule has 5 rings (SSSR count). The van der Waals surface area contributed by atoms with E-state index in [0.717, 1.165) is 22.4 Å². The fraction of sp³-hybridized carbons (Fsp3) is 0.265. The lowest BCUT2D eigenvalue weighted by atomic mass is 9.94. The molecule has 0 aliphatic carbocycles. The molecule has 1 aliphatic heterocycles. The summed E-state index contributed by atoms with van der Waals surface area (Å²) in [6, 6.07) is 22.8.